The Hall–Kier alpha value is -2.09. The number of benzene rings is 1. The molecule has 0 saturated carbocycles. The molecule has 0 bridgehead atoms. The van der Waals surface area contributed by atoms with Crippen LogP contribution in [0, 0.1) is 5.82 Å². The van der Waals surface area contributed by atoms with Gasteiger partial charge < -0.3 is 15.4 Å². The van der Waals surface area contributed by atoms with Crippen molar-refractivity contribution in [2.24, 2.45) is 0 Å². The first kappa shape index (κ1) is 15.8. The van der Waals surface area contributed by atoms with E-state index in [2.05, 4.69) is 31.7 Å². The monoisotopic (exact) mass is 382 g/mol. The highest BCUT2D eigenvalue weighted by atomic mass is 79.9. The van der Waals surface area contributed by atoms with Crippen molar-refractivity contribution in [1.82, 2.24) is 15.1 Å². The molecule has 1 aromatic carbocycles. The minimum Gasteiger partial charge on any atom is -0.492 e. The molecule has 0 aliphatic carbocycles. The van der Waals surface area contributed by atoms with Crippen LogP contribution in [0.3, 0.4) is 0 Å². The second-order valence-corrected chi connectivity index (χ2v) is 6.74. The van der Waals surface area contributed by atoms with Crippen LogP contribution in [0.2, 0.25) is 0 Å². The van der Waals surface area contributed by atoms with E-state index in [1.54, 1.807) is 23.0 Å². The average Bonchev–Trinajstić information content (AvgIpc) is 2.93. The number of carbonyl (C=O) groups excluding carboxylic acids is 1. The van der Waals surface area contributed by atoms with Crippen LogP contribution in [0.15, 0.2) is 22.8 Å². The second-order valence-electron chi connectivity index (χ2n) is 5.88. The highest BCUT2D eigenvalue weighted by Gasteiger charge is 2.34. The van der Waals surface area contributed by atoms with Crippen molar-refractivity contribution in [3.63, 3.8) is 0 Å². The zero-order valence-electron chi connectivity index (χ0n) is 12.9. The molecule has 0 atom stereocenters. The molecule has 0 radical (unpaired) electrons. The van der Waals surface area contributed by atoms with Crippen LogP contribution in [0.1, 0.15) is 24.3 Å². The number of nitrogens with zero attached hydrogens (tertiary/aromatic N) is 2. The van der Waals surface area contributed by atoms with E-state index in [0.29, 0.717) is 28.1 Å². The van der Waals surface area contributed by atoms with Crippen LogP contribution in [0.4, 0.5) is 15.8 Å². The number of rotatable bonds is 3. The Labute approximate surface area is 141 Å². The molecule has 1 aliphatic heterocycles. The molecule has 23 heavy (non-hydrogen) atoms. The standard InChI is InChI=1S/C15H16BrFN4O2/c1-15(2)7-18-14(22)12-10(6-19-21(12)15)20-9-5-4-8(16)11(17)13(9)23-3/h4-6,20H,7H2,1-3H3,(H,18,22). The topological polar surface area (TPSA) is 68.2 Å². The van der Waals surface area contributed by atoms with Gasteiger partial charge in [-0.1, -0.05) is 0 Å². The van der Waals surface area contributed by atoms with Gasteiger partial charge in [0.1, 0.15) is 5.69 Å². The zero-order valence-corrected chi connectivity index (χ0v) is 14.5. The Morgan fingerprint density at radius 3 is 2.87 bits per heavy atom. The van der Waals surface area contributed by atoms with Crippen molar-refractivity contribution in [1.29, 1.82) is 0 Å². The van der Waals surface area contributed by atoms with Gasteiger partial charge in [-0.15, -0.1) is 0 Å². The molecule has 1 aliphatic rings. The van der Waals surface area contributed by atoms with Crippen molar-refractivity contribution in [2.75, 3.05) is 19.0 Å². The summed E-state index contributed by atoms with van der Waals surface area (Å²) in [6.45, 7) is 4.45. The van der Waals surface area contributed by atoms with Gasteiger partial charge >= 0.3 is 0 Å². The lowest BCUT2D eigenvalue weighted by atomic mass is 10.0. The van der Waals surface area contributed by atoms with Crippen LogP contribution in [0.25, 0.3) is 0 Å². The summed E-state index contributed by atoms with van der Waals surface area (Å²) in [7, 11) is 1.39. The van der Waals surface area contributed by atoms with Crippen molar-refractivity contribution < 1.29 is 13.9 Å². The van der Waals surface area contributed by atoms with Gasteiger partial charge in [-0.05, 0) is 41.9 Å². The van der Waals surface area contributed by atoms with Gasteiger partial charge in [0.2, 0.25) is 0 Å². The summed E-state index contributed by atoms with van der Waals surface area (Å²) in [6.07, 6.45) is 1.56. The molecule has 0 unspecified atom stereocenters. The minimum absolute atomic E-state index is 0.0646. The number of hydrogen-bond donors (Lipinski definition) is 2. The molecule has 0 spiro atoms. The molecule has 122 valence electrons. The van der Waals surface area contributed by atoms with Crippen LogP contribution >= 0.6 is 15.9 Å². The Morgan fingerprint density at radius 1 is 1.43 bits per heavy atom. The highest BCUT2D eigenvalue weighted by molar-refractivity contribution is 9.10. The number of carbonyl (C=O) groups is 1. The fourth-order valence-electron chi connectivity index (χ4n) is 2.55. The van der Waals surface area contributed by atoms with E-state index in [0.717, 1.165) is 0 Å². The van der Waals surface area contributed by atoms with E-state index in [1.165, 1.54) is 7.11 Å². The third-order valence-electron chi connectivity index (χ3n) is 3.76. The molecule has 2 aromatic rings. The predicted octanol–water partition coefficient (Wildman–Crippen LogP) is 3.02. The Morgan fingerprint density at radius 2 is 2.17 bits per heavy atom. The number of ether oxygens (including phenoxy) is 1. The number of anilines is 2. The van der Waals surface area contributed by atoms with E-state index in [4.69, 9.17) is 4.74 Å². The minimum atomic E-state index is -0.511. The molecule has 0 fully saturated rings. The molecular weight excluding hydrogens is 367 g/mol. The quantitative estimate of drug-likeness (QED) is 0.855. The summed E-state index contributed by atoms with van der Waals surface area (Å²) < 4.78 is 21.2. The van der Waals surface area contributed by atoms with Crippen LogP contribution in [-0.2, 0) is 5.54 Å². The first-order valence-corrected chi connectivity index (χ1v) is 7.80. The predicted molar refractivity (Wildman–Crippen MR) is 87.8 cm³/mol. The van der Waals surface area contributed by atoms with Crippen LogP contribution < -0.4 is 15.4 Å². The summed E-state index contributed by atoms with van der Waals surface area (Å²) in [5.41, 5.74) is 0.986. The zero-order chi connectivity index (χ0) is 16.8. The van der Waals surface area contributed by atoms with E-state index in [1.807, 2.05) is 13.8 Å². The Bertz CT molecular complexity index is 788. The number of methoxy groups -OCH3 is 1. The highest BCUT2D eigenvalue weighted by Crippen LogP contribution is 2.36. The van der Waals surface area contributed by atoms with Gasteiger partial charge in [0.15, 0.2) is 11.6 Å². The molecular formula is C15H16BrFN4O2. The lowest BCUT2D eigenvalue weighted by Gasteiger charge is -2.32. The number of amides is 1. The molecule has 1 amide bonds. The fourth-order valence-corrected chi connectivity index (χ4v) is 2.86. The lowest BCUT2D eigenvalue weighted by molar-refractivity contribution is 0.0878. The van der Waals surface area contributed by atoms with Gasteiger partial charge in [-0.3, -0.25) is 9.48 Å². The Balaban J connectivity index is 2.05. The molecule has 0 saturated heterocycles. The number of fused-ring (bicyclic) bond motifs is 1. The first-order chi connectivity index (χ1) is 10.8. The largest absolute Gasteiger partial charge is 0.492 e. The summed E-state index contributed by atoms with van der Waals surface area (Å²) in [6, 6.07) is 3.24. The summed E-state index contributed by atoms with van der Waals surface area (Å²) in [5, 5.41) is 10.2. The summed E-state index contributed by atoms with van der Waals surface area (Å²) >= 11 is 3.12. The molecule has 2 heterocycles. The van der Waals surface area contributed by atoms with E-state index < -0.39 is 5.82 Å². The molecule has 2 N–H and O–H groups in total. The van der Waals surface area contributed by atoms with Crippen molar-refractivity contribution in [2.45, 2.75) is 19.4 Å². The smallest absolute Gasteiger partial charge is 0.271 e. The molecule has 6 nitrogen and oxygen atoms in total. The van der Waals surface area contributed by atoms with Crippen LogP contribution in [-0.4, -0.2) is 29.3 Å². The van der Waals surface area contributed by atoms with Gasteiger partial charge in [-0.2, -0.15) is 5.10 Å². The number of halogens is 2. The molecule has 1 aromatic heterocycles. The number of nitrogens with one attached hydrogen (secondary N) is 2. The van der Waals surface area contributed by atoms with Crippen LogP contribution in [0.5, 0.6) is 5.75 Å². The van der Waals surface area contributed by atoms with Gasteiger partial charge in [0.25, 0.3) is 5.91 Å². The van der Waals surface area contributed by atoms with E-state index >= 15 is 0 Å². The van der Waals surface area contributed by atoms with Gasteiger partial charge in [-0.25, -0.2) is 4.39 Å². The average molecular weight is 383 g/mol. The maximum atomic E-state index is 14.1. The van der Waals surface area contributed by atoms with Gasteiger partial charge in [0, 0.05) is 6.54 Å². The molecule has 8 heteroatoms. The SMILES string of the molecule is COc1c(Nc2cnn3c2C(=O)NCC3(C)C)ccc(Br)c1F. The summed E-state index contributed by atoms with van der Waals surface area (Å²) in [4.78, 5) is 12.2. The van der Waals surface area contributed by atoms with E-state index in [9.17, 15) is 9.18 Å². The third-order valence-corrected chi connectivity index (χ3v) is 4.38. The number of aromatic nitrogens is 2. The maximum absolute atomic E-state index is 14.1. The van der Waals surface area contributed by atoms with Gasteiger partial charge in [0.05, 0.1) is 34.7 Å². The Kier molecular flexibility index (Phi) is 3.79. The van der Waals surface area contributed by atoms with E-state index in [-0.39, 0.29) is 17.2 Å². The fraction of sp³-hybridized carbons (Fsp3) is 0.333. The maximum Gasteiger partial charge on any atom is 0.271 e. The normalized spacial score (nSPS) is 15.8. The second kappa shape index (κ2) is 5.52. The lowest BCUT2D eigenvalue weighted by Crippen LogP contribution is -2.48. The van der Waals surface area contributed by atoms with Crippen molar-refractivity contribution in [3.05, 3.63) is 34.3 Å². The molecule has 3 rings (SSSR count). The number of hydrogen-bond acceptors (Lipinski definition) is 4. The first-order valence-electron chi connectivity index (χ1n) is 7.01. The van der Waals surface area contributed by atoms with Crippen molar-refractivity contribution >= 4 is 33.2 Å². The third kappa shape index (κ3) is 2.56. The summed E-state index contributed by atoms with van der Waals surface area (Å²) in [5.74, 6) is -0.668. The van der Waals surface area contributed by atoms with Crippen molar-refractivity contribution in [3.8, 4) is 5.75 Å².